The van der Waals surface area contributed by atoms with Gasteiger partial charge in [0.15, 0.2) is 0 Å². The summed E-state index contributed by atoms with van der Waals surface area (Å²) in [7, 11) is 0. The number of hydrogen-bond acceptors (Lipinski definition) is 3. The van der Waals surface area contributed by atoms with Crippen molar-refractivity contribution in [1.82, 2.24) is 0 Å². The highest BCUT2D eigenvalue weighted by atomic mass is 16.5. The van der Waals surface area contributed by atoms with Crippen molar-refractivity contribution in [2.75, 3.05) is 18.1 Å². The number of para-hydroxylation sites is 1. The fraction of sp³-hybridized carbons (Fsp3) is 0.286. The Kier molecular flexibility index (Phi) is 3.46. The molecule has 4 nitrogen and oxygen atoms in total. The third-order valence-electron chi connectivity index (χ3n) is 2.83. The number of ether oxygens (including phenoxy) is 1. The van der Waals surface area contributed by atoms with Gasteiger partial charge >= 0.3 is 5.97 Å². The summed E-state index contributed by atoms with van der Waals surface area (Å²) in [6.07, 6.45) is 1.28. The van der Waals surface area contributed by atoms with E-state index in [0.29, 0.717) is 18.7 Å². The highest BCUT2D eigenvalue weighted by Gasteiger charge is 2.31. The van der Waals surface area contributed by atoms with Crippen molar-refractivity contribution in [3.63, 3.8) is 0 Å². The minimum absolute atomic E-state index is 0.147. The van der Waals surface area contributed by atoms with Gasteiger partial charge in [-0.1, -0.05) is 18.2 Å². The van der Waals surface area contributed by atoms with E-state index in [2.05, 4.69) is 0 Å². The summed E-state index contributed by atoms with van der Waals surface area (Å²) >= 11 is 0. The molecule has 0 aromatic heterocycles. The summed E-state index contributed by atoms with van der Waals surface area (Å²) in [5.74, 6) is -0.625. The van der Waals surface area contributed by atoms with E-state index in [9.17, 15) is 9.59 Å². The van der Waals surface area contributed by atoms with Crippen LogP contribution < -0.4 is 4.90 Å². The lowest BCUT2D eigenvalue weighted by Gasteiger charge is -2.13. The number of amides is 1. The van der Waals surface area contributed by atoms with Crippen LogP contribution in [-0.4, -0.2) is 25.0 Å². The van der Waals surface area contributed by atoms with Gasteiger partial charge in [-0.3, -0.25) is 4.79 Å². The van der Waals surface area contributed by atoms with Crippen molar-refractivity contribution in [3.8, 4) is 0 Å². The molecule has 18 heavy (non-hydrogen) atoms. The summed E-state index contributed by atoms with van der Waals surface area (Å²) < 4.78 is 4.85. The maximum atomic E-state index is 12.2. The van der Waals surface area contributed by atoms with Gasteiger partial charge in [0.2, 0.25) is 0 Å². The van der Waals surface area contributed by atoms with E-state index >= 15 is 0 Å². The van der Waals surface area contributed by atoms with Crippen molar-refractivity contribution in [2.45, 2.75) is 13.8 Å². The van der Waals surface area contributed by atoms with Crippen LogP contribution in [0, 0.1) is 0 Å². The molecule has 1 aromatic rings. The molecule has 94 valence electrons. The molecule has 1 aliphatic rings. The highest BCUT2D eigenvalue weighted by Crippen LogP contribution is 2.36. The molecule has 4 heteroatoms. The summed E-state index contributed by atoms with van der Waals surface area (Å²) in [5.41, 5.74) is 2.05. The number of likely N-dealkylation sites (N-methyl/N-ethyl adjacent to an activating group) is 1. The van der Waals surface area contributed by atoms with Crippen LogP contribution in [0.4, 0.5) is 5.69 Å². The molecule has 0 radical (unpaired) electrons. The van der Waals surface area contributed by atoms with Crippen LogP contribution in [0.15, 0.2) is 30.3 Å². The first kappa shape index (κ1) is 12.4. The SMILES string of the molecule is CCOC(=O)C=C1C(=O)N(CC)c2ccccc21. The molecule has 0 spiro atoms. The molecule has 0 saturated carbocycles. The maximum absolute atomic E-state index is 12.2. The average molecular weight is 245 g/mol. The Balaban J connectivity index is 2.44. The van der Waals surface area contributed by atoms with E-state index in [-0.39, 0.29) is 5.91 Å². The topological polar surface area (TPSA) is 46.6 Å². The van der Waals surface area contributed by atoms with Gasteiger partial charge in [0, 0.05) is 18.2 Å². The van der Waals surface area contributed by atoms with Crippen molar-refractivity contribution in [1.29, 1.82) is 0 Å². The second-order valence-electron chi connectivity index (χ2n) is 3.88. The molecule has 0 N–H and O–H groups in total. The first-order chi connectivity index (χ1) is 8.69. The van der Waals surface area contributed by atoms with Gasteiger partial charge in [0.25, 0.3) is 5.91 Å². The zero-order valence-corrected chi connectivity index (χ0v) is 10.5. The zero-order chi connectivity index (χ0) is 13.1. The quantitative estimate of drug-likeness (QED) is 0.604. The van der Waals surface area contributed by atoms with Gasteiger partial charge in [0.1, 0.15) is 0 Å². The summed E-state index contributed by atoms with van der Waals surface area (Å²) in [5, 5.41) is 0. The fourth-order valence-corrected chi connectivity index (χ4v) is 2.06. The minimum Gasteiger partial charge on any atom is -0.463 e. The second-order valence-corrected chi connectivity index (χ2v) is 3.88. The molecule has 1 amide bonds. The summed E-state index contributed by atoms with van der Waals surface area (Å²) in [4.78, 5) is 25.3. The Morgan fingerprint density at radius 2 is 2.06 bits per heavy atom. The van der Waals surface area contributed by atoms with Gasteiger partial charge in [0.05, 0.1) is 17.9 Å². The van der Waals surface area contributed by atoms with Crippen LogP contribution in [0.1, 0.15) is 19.4 Å². The van der Waals surface area contributed by atoms with Crippen molar-refractivity contribution in [2.24, 2.45) is 0 Å². The predicted octanol–water partition coefficient (Wildman–Crippen LogP) is 2.00. The molecular formula is C14H15NO3. The average Bonchev–Trinajstić information content (AvgIpc) is 2.63. The number of rotatable bonds is 3. The summed E-state index contributed by atoms with van der Waals surface area (Å²) in [6, 6.07) is 7.45. The minimum atomic E-state index is -0.478. The molecule has 0 bridgehead atoms. The standard InChI is InChI=1S/C14H15NO3/c1-3-15-12-8-6-5-7-10(12)11(14(15)17)9-13(16)18-4-2/h5-9H,3-4H2,1-2H3. The molecule has 0 fully saturated rings. The predicted molar refractivity (Wildman–Crippen MR) is 69.1 cm³/mol. The number of hydrogen-bond donors (Lipinski definition) is 0. The third-order valence-corrected chi connectivity index (χ3v) is 2.83. The number of benzene rings is 1. The third kappa shape index (κ3) is 2.01. The van der Waals surface area contributed by atoms with E-state index in [1.165, 1.54) is 6.08 Å². The summed E-state index contributed by atoms with van der Waals surface area (Å²) in [6.45, 7) is 4.52. The molecule has 0 unspecified atom stereocenters. The molecular weight excluding hydrogens is 230 g/mol. The van der Waals surface area contributed by atoms with Crippen molar-refractivity contribution in [3.05, 3.63) is 35.9 Å². The van der Waals surface area contributed by atoms with Gasteiger partial charge < -0.3 is 9.64 Å². The molecule has 2 rings (SSSR count). The van der Waals surface area contributed by atoms with Gasteiger partial charge in [-0.25, -0.2) is 4.79 Å². The highest BCUT2D eigenvalue weighted by molar-refractivity contribution is 6.34. The smallest absolute Gasteiger partial charge is 0.331 e. The number of carbonyl (C=O) groups is 2. The fourth-order valence-electron chi connectivity index (χ4n) is 2.06. The van der Waals surface area contributed by atoms with E-state index < -0.39 is 5.97 Å². The van der Waals surface area contributed by atoms with Crippen LogP contribution in [0.3, 0.4) is 0 Å². The number of nitrogens with zero attached hydrogens (tertiary/aromatic N) is 1. The lowest BCUT2D eigenvalue weighted by molar-refractivity contribution is -0.137. The molecule has 1 heterocycles. The van der Waals surface area contributed by atoms with Gasteiger partial charge in [-0.05, 0) is 19.9 Å². The van der Waals surface area contributed by atoms with Gasteiger partial charge in [-0.15, -0.1) is 0 Å². The first-order valence-electron chi connectivity index (χ1n) is 5.98. The lowest BCUT2D eigenvalue weighted by atomic mass is 10.1. The van der Waals surface area contributed by atoms with E-state index in [1.807, 2.05) is 31.2 Å². The van der Waals surface area contributed by atoms with E-state index in [1.54, 1.807) is 11.8 Å². The largest absolute Gasteiger partial charge is 0.463 e. The Morgan fingerprint density at radius 3 is 2.72 bits per heavy atom. The van der Waals surface area contributed by atoms with Crippen molar-refractivity contribution >= 4 is 23.1 Å². The normalized spacial score (nSPS) is 16.0. The Hall–Kier alpha value is -2.10. The molecule has 0 saturated heterocycles. The van der Waals surface area contributed by atoms with Crippen molar-refractivity contribution < 1.29 is 14.3 Å². The number of fused-ring (bicyclic) bond motifs is 1. The van der Waals surface area contributed by atoms with Crippen LogP contribution in [0.25, 0.3) is 5.57 Å². The monoisotopic (exact) mass is 245 g/mol. The van der Waals surface area contributed by atoms with Gasteiger partial charge in [-0.2, -0.15) is 0 Å². The first-order valence-corrected chi connectivity index (χ1v) is 5.98. The Bertz CT molecular complexity index is 520. The Morgan fingerprint density at radius 1 is 1.33 bits per heavy atom. The lowest BCUT2D eigenvalue weighted by Crippen LogP contribution is -2.25. The van der Waals surface area contributed by atoms with E-state index in [0.717, 1.165) is 11.3 Å². The maximum Gasteiger partial charge on any atom is 0.331 e. The van der Waals surface area contributed by atoms with E-state index in [4.69, 9.17) is 4.74 Å². The molecule has 0 aliphatic carbocycles. The van der Waals surface area contributed by atoms with Crippen LogP contribution in [0.2, 0.25) is 0 Å². The Labute approximate surface area is 106 Å². The van der Waals surface area contributed by atoms with Crippen LogP contribution in [0.5, 0.6) is 0 Å². The number of carbonyl (C=O) groups excluding carboxylic acids is 2. The molecule has 0 atom stereocenters. The number of anilines is 1. The second kappa shape index (κ2) is 5.04. The number of esters is 1. The molecule has 1 aromatic carbocycles. The zero-order valence-electron chi connectivity index (χ0n) is 10.5. The van der Waals surface area contributed by atoms with Crippen LogP contribution in [-0.2, 0) is 14.3 Å². The molecule has 1 aliphatic heterocycles. The van der Waals surface area contributed by atoms with Crippen LogP contribution >= 0.6 is 0 Å².